The second kappa shape index (κ2) is 6.54. The lowest BCUT2D eigenvalue weighted by atomic mass is 10.2. The van der Waals surface area contributed by atoms with Gasteiger partial charge >= 0.3 is 0 Å². The fourth-order valence-corrected chi connectivity index (χ4v) is 3.94. The van der Waals surface area contributed by atoms with Gasteiger partial charge in [0.25, 0.3) is 5.91 Å². The molecule has 112 valence electrons. The predicted octanol–water partition coefficient (Wildman–Crippen LogP) is 1.36. The Morgan fingerprint density at radius 3 is 3.19 bits per heavy atom. The van der Waals surface area contributed by atoms with Crippen molar-refractivity contribution >= 4 is 29.0 Å². The van der Waals surface area contributed by atoms with Crippen molar-refractivity contribution < 1.29 is 4.79 Å². The van der Waals surface area contributed by atoms with E-state index in [0.29, 0.717) is 10.8 Å². The van der Waals surface area contributed by atoms with Crippen molar-refractivity contribution in [2.75, 3.05) is 0 Å². The number of nitrogens with two attached hydrogens (primary N) is 1. The summed E-state index contributed by atoms with van der Waals surface area (Å²) < 4.78 is 2.21. The van der Waals surface area contributed by atoms with Crippen LogP contribution in [0.15, 0.2) is 10.5 Å². The number of nitrogens with one attached hydrogen (secondary N) is 1. The molecule has 0 aromatic carbocycles. The number of thioether (sulfide) groups is 1. The molecule has 7 nitrogen and oxygen atoms in total. The standard InChI is InChI=1S/C12H16N6OS2/c13-15-10(19)11-14-8(6-20-11)7-21-12-17-16-9-4-2-1-3-5-18(9)12/h6H,1-5,7,13H2,(H,15,19). The van der Waals surface area contributed by atoms with Gasteiger partial charge in [0.2, 0.25) is 0 Å². The molecule has 9 heteroatoms. The summed E-state index contributed by atoms with van der Waals surface area (Å²) in [7, 11) is 0. The van der Waals surface area contributed by atoms with Gasteiger partial charge in [-0.2, -0.15) is 0 Å². The number of carbonyl (C=O) groups excluding carboxylic acids is 1. The number of hydrogen-bond donors (Lipinski definition) is 2. The Bertz CT molecular complexity index is 637. The number of rotatable bonds is 4. The van der Waals surface area contributed by atoms with Gasteiger partial charge in [-0.05, 0) is 12.8 Å². The number of hydrazine groups is 1. The van der Waals surface area contributed by atoms with Gasteiger partial charge in [-0.1, -0.05) is 18.2 Å². The summed E-state index contributed by atoms with van der Waals surface area (Å²) in [4.78, 5) is 15.6. The zero-order chi connectivity index (χ0) is 14.7. The van der Waals surface area contributed by atoms with E-state index in [1.165, 1.54) is 30.6 Å². The third-order valence-electron chi connectivity index (χ3n) is 3.30. The second-order valence-corrected chi connectivity index (χ2v) is 6.57. The molecule has 0 aliphatic carbocycles. The summed E-state index contributed by atoms with van der Waals surface area (Å²) in [6.45, 7) is 0.989. The number of fused-ring (bicyclic) bond motifs is 1. The van der Waals surface area contributed by atoms with Crippen molar-refractivity contribution in [3.05, 3.63) is 21.9 Å². The van der Waals surface area contributed by atoms with E-state index in [0.717, 1.165) is 29.6 Å². The Balaban J connectivity index is 1.66. The number of aromatic nitrogens is 4. The molecule has 2 aromatic rings. The van der Waals surface area contributed by atoms with Crippen LogP contribution >= 0.6 is 23.1 Å². The summed E-state index contributed by atoms with van der Waals surface area (Å²) in [6.07, 6.45) is 4.62. The van der Waals surface area contributed by atoms with Crippen LogP contribution in [-0.4, -0.2) is 25.7 Å². The minimum atomic E-state index is -0.354. The van der Waals surface area contributed by atoms with Crippen LogP contribution in [-0.2, 0) is 18.7 Å². The number of nitrogens with zero attached hydrogens (tertiary/aromatic N) is 4. The fourth-order valence-electron chi connectivity index (χ4n) is 2.24. The topological polar surface area (TPSA) is 98.7 Å². The summed E-state index contributed by atoms with van der Waals surface area (Å²) in [6, 6.07) is 0. The van der Waals surface area contributed by atoms with E-state index in [9.17, 15) is 4.79 Å². The molecule has 0 radical (unpaired) electrons. The molecule has 2 aromatic heterocycles. The number of amides is 1. The molecule has 3 rings (SSSR count). The van der Waals surface area contributed by atoms with Crippen LogP contribution in [0.4, 0.5) is 0 Å². The highest BCUT2D eigenvalue weighted by molar-refractivity contribution is 7.98. The van der Waals surface area contributed by atoms with E-state index in [4.69, 9.17) is 5.84 Å². The first-order chi connectivity index (χ1) is 10.3. The normalized spacial score (nSPS) is 14.5. The molecule has 0 unspecified atom stereocenters. The van der Waals surface area contributed by atoms with E-state index < -0.39 is 0 Å². The molecule has 0 saturated heterocycles. The molecule has 0 bridgehead atoms. The molecule has 3 N–H and O–H groups in total. The number of aryl methyl sites for hydroxylation is 1. The Kier molecular flexibility index (Phi) is 4.51. The number of thiazole rings is 1. The van der Waals surface area contributed by atoms with Crippen molar-refractivity contribution in [2.45, 2.75) is 43.1 Å². The molecule has 0 spiro atoms. The molecule has 21 heavy (non-hydrogen) atoms. The van der Waals surface area contributed by atoms with Gasteiger partial charge in [0, 0.05) is 24.1 Å². The van der Waals surface area contributed by atoms with Gasteiger partial charge in [0.05, 0.1) is 5.69 Å². The Hall–Kier alpha value is -1.45. The smallest absolute Gasteiger partial charge is 0.294 e. The number of carbonyl (C=O) groups is 1. The van der Waals surface area contributed by atoms with E-state index in [1.807, 2.05) is 5.38 Å². The highest BCUT2D eigenvalue weighted by Gasteiger charge is 2.16. The van der Waals surface area contributed by atoms with Crippen LogP contribution in [0.2, 0.25) is 0 Å². The molecule has 0 atom stereocenters. The first kappa shape index (κ1) is 14.5. The molecule has 0 fully saturated rings. The lowest BCUT2D eigenvalue weighted by Gasteiger charge is -2.05. The molecule has 0 saturated carbocycles. The maximum atomic E-state index is 11.4. The van der Waals surface area contributed by atoms with Crippen LogP contribution in [0.1, 0.15) is 40.6 Å². The van der Waals surface area contributed by atoms with Crippen LogP contribution in [0, 0.1) is 0 Å². The van der Waals surface area contributed by atoms with Crippen LogP contribution < -0.4 is 11.3 Å². The average molecular weight is 324 g/mol. The maximum Gasteiger partial charge on any atom is 0.294 e. The molecule has 1 aliphatic rings. The van der Waals surface area contributed by atoms with Crippen molar-refractivity contribution in [3.8, 4) is 0 Å². The van der Waals surface area contributed by atoms with Gasteiger partial charge < -0.3 is 4.57 Å². The molecular formula is C12H16N6OS2. The van der Waals surface area contributed by atoms with E-state index in [1.54, 1.807) is 11.8 Å². The largest absolute Gasteiger partial charge is 0.306 e. The van der Waals surface area contributed by atoms with Crippen LogP contribution in [0.3, 0.4) is 0 Å². The Morgan fingerprint density at radius 1 is 1.43 bits per heavy atom. The van der Waals surface area contributed by atoms with Gasteiger partial charge in [0.1, 0.15) is 5.82 Å². The number of nitrogen functional groups attached to an aromatic ring is 1. The summed E-state index contributed by atoms with van der Waals surface area (Å²) in [5.74, 6) is 6.49. The van der Waals surface area contributed by atoms with E-state index in [2.05, 4.69) is 25.2 Å². The molecular weight excluding hydrogens is 308 g/mol. The van der Waals surface area contributed by atoms with E-state index in [-0.39, 0.29) is 5.91 Å². The van der Waals surface area contributed by atoms with Crippen LogP contribution in [0.25, 0.3) is 0 Å². The minimum absolute atomic E-state index is 0.354. The second-order valence-electron chi connectivity index (χ2n) is 4.77. The fraction of sp³-hybridized carbons (Fsp3) is 0.500. The highest BCUT2D eigenvalue weighted by atomic mass is 32.2. The van der Waals surface area contributed by atoms with Gasteiger partial charge in [-0.15, -0.1) is 21.5 Å². The first-order valence-corrected chi connectivity index (χ1v) is 8.64. The highest BCUT2D eigenvalue weighted by Crippen LogP contribution is 2.25. The monoisotopic (exact) mass is 324 g/mol. The van der Waals surface area contributed by atoms with Gasteiger partial charge in [-0.25, -0.2) is 10.8 Å². The van der Waals surface area contributed by atoms with E-state index >= 15 is 0 Å². The molecule has 1 amide bonds. The van der Waals surface area contributed by atoms with Crippen molar-refractivity contribution in [1.82, 2.24) is 25.2 Å². The Morgan fingerprint density at radius 2 is 2.33 bits per heavy atom. The number of hydrogen-bond acceptors (Lipinski definition) is 7. The predicted molar refractivity (Wildman–Crippen MR) is 80.9 cm³/mol. The zero-order valence-corrected chi connectivity index (χ0v) is 13.0. The van der Waals surface area contributed by atoms with Crippen molar-refractivity contribution in [2.24, 2.45) is 5.84 Å². The molecule has 3 heterocycles. The van der Waals surface area contributed by atoms with Crippen molar-refractivity contribution in [1.29, 1.82) is 0 Å². The molecule has 1 aliphatic heterocycles. The average Bonchev–Trinajstić information content (AvgIpc) is 3.05. The maximum absolute atomic E-state index is 11.4. The summed E-state index contributed by atoms with van der Waals surface area (Å²) in [5, 5.41) is 11.7. The Labute approximate surface area is 130 Å². The lowest BCUT2D eigenvalue weighted by molar-refractivity contribution is 0.0953. The van der Waals surface area contributed by atoms with Crippen molar-refractivity contribution in [3.63, 3.8) is 0 Å². The van der Waals surface area contributed by atoms with Crippen LogP contribution in [0.5, 0.6) is 0 Å². The zero-order valence-electron chi connectivity index (χ0n) is 11.4. The SMILES string of the molecule is NNC(=O)c1nc(CSc2nnc3n2CCCCC3)cs1. The summed E-state index contributed by atoms with van der Waals surface area (Å²) in [5.41, 5.74) is 2.94. The summed E-state index contributed by atoms with van der Waals surface area (Å²) >= 11 is 2.90. The quantitative estimate of drug-likeness (QED) is 0.381. The first-order valence-electron chi connectivity index (χ1n) is 6.78. The van der Waals surface area contributed by atoms with Gasteiger partial charge in [-0.3, -0.25) is 10.2 Å². The third-order valence-corrected chi connectivity index (χ3v) is 5.19. The third kappa shape index (κ3) is 3.25. The van der Waals surface area contributed by atoms with Gasteiger partial charge in [0.15, 0.2) is 10.2 Å². The minimum Gasteiger partial charge on any atom is -0.306 e. The lowest BCUT2D eigenvalue weighted by Crippen LogP contribution is -2.29.